The van der Waals surface area contributed by atoms with Crippen LogP contribution in [0.3, 0.4) is 0 Å². The maximum Gasteiger partial charge on any atom is 0.407 e. The Kier molecular flexibility index (Phi) is 11.3. The normalized spacial score (nSPS) is 26.0. The molecule has 15 heteroatoms. The summed E-state index contributed by atoms with van der Waals surface area (Å²) in [4.78, 5) is 59.1. The topological polar surface area (TPSA) is 182 Å². The molecule has 0 spiro atoms. The molecule has 14 nitrogen and oxygen atoms in total. The van der Waals surface area contributed by atoms with Gasteiger partial charge in [-0.15, -0.1) is 6.58 Å². The number of amides is 4. The maximum absolute atomic E-state index is 14.8. The van der Waals surface area contributed by atoms with Crippen molar-refractivity contribution in [3.05, 3.63) is 72.8 Å². The van der Waals surface area contributed by atoms with Crippen molar-refractivity contribution < 1.29 is 32.3 Å². The quantitative estimate of drug-likeness (QED) is 0.275. The summed E-state index contributed by atoms with van der Waals surface area (Å²) in [6.07, 6.45) is 7.46. The van der Waals surface area contributed by atoms with Gasteiger partial charge in [0.15, 0.2) is 0 Å². The number of hydrogen-bond acceptors (Lipinski definition) is 9. The number of aromatic nitrogens is 3. The van der Waals surface area contributed by atoms with E-state index < -0.39 is 74.1 Å². The second-order valence-corrected chi connectivity index (χ2v) is 18.9. The Bertz CT molecular complexity index is 2130. The van der Waals surface area contributed by atoms with Gasteiger partial charge < -0.3 is 20.3 Å². The van der Waals surface area contributed by atoms with Crippen LogP contribution in [0.15, 0.2) is 67.3 Å². The van der Waals surface area contributed by atoms with Crippen LogP contribution in [0.2, 0.25) is 0 Å². The molecule has 1 saturated heterocycles. The lowest BCUT2D eigenvalue weighted by Crippen LogP contribution is -2.60. The van der Waals surface area contributed by atoms with Crippen LogP contribution in [0, 0.1) is 11.3 Å². The molecule has 4 aliphatic rings. The van der Waals surface area contributed by atoms with Crippen molar-refractivity contribution in [2.75, 3.05) is 13.2 Å². The van der Waals surface area contributed by atoms with E-state index in [2.05, 4.69) is 34.1 Å². The van der Waals surface area contributed by atoms with Gasteiger partial charge >= 0.3 is 6.09 Å². The van der Waals surface area contributed by atoms with E-state index in [1.54, 1.807) is 4.80 Å². The van der Waals surface area contributed by atoms with E-state index in [9.17, 15) is 27.6 Å². The number of hydrogen-bond donors (Lipinski definition) is 3. The highest BCUT2D eigenvalue weighted by atomic mass is 32.2. The van der Waals surface area contributed by atoms with Crippen LogP contribution >= 0.6 is 0 Å². The zero-order valence-electron chi connectivity index (χ0n) is 32.9. The molecule has 3 aromatic rings. The maximum atomic E-state index is 14.8. The summed E-state index contributed by atoms with van der Waals surface area (Å²) < 4.78 is 33.3. The second kappa shape index (κ2) is 16.1. The van der Waals surface area contributed by atoms with Crippen LogP contribution in [-0.2, 0) is 35.6 Å². The van der Waals surface area contributed by atoms with E-state index in [1.165, 1.54) is 16.5 Å². The van der Waals surface area contributed by atoms with Crippen molar-refractivity contribution in [1.29, 1.82) is 0 Å². The lowest BCUT2D eigenvalue weighted by molar-refractivity contribution is -0.142. The van der Waals surface area contributed by atoms with Crippen LogP contribution in [0.25, 0.3) is 22.5 Å². The van der Waals surface area contributed by atoms with Gasteiger partial charge in [0.25, 0.3) is 5.91 Å². The van der Waals surface area contributed by atoms with Crippen LogP contribution in [-0.4, -0.2) is 88.2 Å². The average Bonchev–Trinajstić information content (AvgIpc) is 4.07. The molecule has 3 N–H and O–H groups in total. The first-order chi connectivity index (χ1) is 27.2. The third kappa shape index (κ3) is 8.78. The first-order valence-corrected chi connectivity index (χ1v) is 21.6. The Labute approximate surface area is 334 Å². The van der Waals surface area contributed by atoms with Crippen molar-refractivity contribution >= 4 is 33.8 Å². The van der Waals surface area contributed by atoms with Gasteiger partial charge in [-0.25, -0.2) is 13.2 Å². The molecule has 2 aliphatic carbocycles. The Morgan fingerprint density at radius 3 is 2.33 bits per heavy atom. The van der Waals surface area contributed by atoms with Gasteiger partial charge in [-0.1, -0.05) is 94.6 Å². The molecule has 6 bridgehead atoms. The molecule has 4 amide bonds. The molecule has 5 atom stereocenters. The molecule has 0 radical (unpaired) electrons. The Hall–Kier alpha value is -5.05. The van der Waals surface area contributed by atoms with Gasteiger partial charge in [0.1, 0.15) is 29.0 Å². The number of fused-ring (bicyclic) bond motifs is 8. The molecule has 3 fully saturated rings. The molecule has 57 heavy (non-hydrogen) atoms. The molecule has 1 aromatic heterocycles. The lowest BCUT2D eigenvalue weighted by Gasteiger charge is -2.35. The zero-order valence-corrected chi connectivity index (χ0v) is 33.7. The third-order valence-corrected chi connectivity index (χ3v) is 13.4. The Morgan fingerprint density at radius 2 is 1.65 bits per heavy atom. The largest absolute Gasteiger partial charge is 0.450 e. The predicted molar refractivity (Wildman–Crippen MR) is 214 cm³/mol. The fraction of sp³-hybridized carbons (Fsp3) is 0.524. The summed E-state index contributed by atoms with van der Waals surface area (Å²) in [6, 6.07) is 15.2. The first-order valence-electron chi connectivity index (χ1n) is 20.1. The summed E-state index contributed by atoms with van der Waals surface area (Å²) >= 11 is 0. The van der Waals surface area contributed by atoms with Gasteiger partial charge in [0.05, 0.1) is 17.9 Å². The standard InChI is InChI=1S/C42H53N7O7S/c1-5-30-25-42(30,39(52)47-57(54,55)32-20-21-32)44-37(50)33-24-31-26-48(33)38(51)36(41(2,3)4)43-40(53)56-22-13-8-6-7-10-15-27-16-14-19-29(23-27)35-34(45-49(31)46-35)28-17-11-9-12-18-28/h5,9,11-12,14,16-19,23,30-33,36H,1,6-8,10,13,15,20-22,24-26H2,2-4H3,(H,43,53)(H,44,50)(H,47,52)/t30-,31-,33+,36-,42-/m1/s1. The van der Waals surface area contributed by atoms with Crippen molar-refractivity contribution in [2.45, 2.75) is 114 Å². The van der Waals surface area contributed by atoms with Crippen LogP contribution in [0.1, 0.15) is 90.2 Å². The minimum atomic E-state index is -3.90. The number of nitrogens with zero attached hydrogens (tertiary/aromatic N) is 4. The lowest BCUT2D eigenvalue weighted by atomic mass is 9.85. The van der Waals surface area contributed by atoms with Crippen molar-refractivity contribution in [1.82, 2.24) is 35.2 Å². The number of cyclic esters (lactones) is 1. The van der Waals surface area contributed by atoms with Crippen molar-refractivity contribution in [3.63, 3.8) is 0 Å². The highest BCUT2D eigenvalue weighted by Crippen LogP contribution is 2.46. The molecular formula is C42H53N7O7S. The first kappa shape index (κ1) is 40.2. The molecule has 2 aromatic carbocycles. The number of alkyl carbamates (subject to hydrolysis) is 1. The monoisotopic (exact) mass is 799 g/mol. The minimum Gasteiger partial charge on any atom is -0.450 e. The number of ether oxygens (including phenoxy) is 1. The SMILES string of the molecule is C=C[C@@H]1C[C@]1(NC(=O)[C@@H]1C[C@@H]2CN1C(=O)[C@H](C(C)(C)C)NC(=O)OCCCCCCCc1cccc(c1)-c1nn2nc1-c1ccccc1)C(=O)NS(=O)(=O)C1CC1. The minimum absolute atomic E-state index is 0.0166. The summed E-state index contributed by atoms with van der Waals surface area (Å²) in [6.45, 7) is 9.49. The number of benzene rings is 2. The van der Waals surface area contributed by atoms with Crippen molar-refractivity contribution in [3.8, 4) is 22.5 Å². The van der Waals surface area contributed by atoms with E-state index in [1.807, 2.05) is 63.2 Å². The van der Waals surface area contributed by atoms with Gasteiger partial charge in [0.2, 0.25) is 21.8 Å². The molecular weight excluding hydrogens is 747 g/mol. The Balaban J connectivity index is 1.27. The van der Waals surface area contributed by atoms with Gasteiger partial charge in [-0.3, -0.25) is 19.1 Å². The molecule has 2 aliphatic heterocycles. The van der Waals surface area contributed by atoms with Gasteiger partial charge in [0, 0.05) is 30.0 Å². The van der Waals surface area contributed by atoms with Crippen LogP contribution in [0.4, 0.5) is 4.79 Å². The summed E-state index contributed by atoms with van der Waals surface area (Å²) in [5.41, 5.74) is 1.89. The highest BCUT2D eigenvalue weighted by Gasteiger charge is 2.62. The molecule has 3 heterocycles. The number of carbonyl (C=O) groups is 4. The average molecular weight is 800 g/mol. The highest BCUT2D eigenvalue weighted by molar-refractivity contribution is 7.91. The number of nitrogens with one attached hydrogen (secondary N) is 3. The van der Waals surface area contributed by atoms with E-state index in [0.29, 0.717) is 30.7 Å². The molecule has 2 saturated carbocycles. The molecule has 304 valence electrons. The fourth-order valence-corrected chi connectivity index (χ4v) is 9.30. The predicted octanol–water partition coefficient (Wildman–Crippen LogP) is 5.07. The van der Waals surface area contributed by atoms with Crippen LogP contribution in [0.5, 0.6) is 0 Å². The zero-order chi connectivity index (χ0) is 40.5. The number of aryl methyl sites for hydroxylation is 1. The van der Waals surface area contributed by atoms with E-state index in [4.69, 9.17) is 14.9 Å². The molecule has 7 rings (SSSR count). The van der Waals surface area contributed by atoms with Gasteiger partial charge in [-0.2, -0.15) is 15.0 Å². The summed E-state index contributed by atoms with van der Waals surface area (Å²) in [5.74, 6) is -2.50. The van der Waals surface area contributed by atoms with E-state index in [-0.39, 0.29) is 26.0 Å². The van der Waals surface area contributed by atoms with E-state index >= 15 is 0 Å². The van der Waals surface area contributed by atoms with Crippen LogP contribution < -0.4 is 15.4 Å². The summed E-state index contributed by atoms with van der Waals surface area (Å²) in [7, 11) is -3.90. The fourth-order valence-electron chi connectivity index (χ4n) is 7.94. The Morgan fingerprint density at radius 1 is 0.965 bits per heavy atom. The number of carbonyl (C=O) groups excluding carboxylic acids is 4. The van der Waals surface area contributed by atoms with Crippen molar-refractivity contribution in [2.24, 2.45) is 11.3 Å². The second-order valence-electron chi connectivity index (χ2n) is 17.0. The van der Waals surface area contributed by atoms with E-state index in [0.717, 1.165) is 43.2 Å². The third-order valence-electron chi connectivity index (χ3n) is 11.5. The smallest absolute Gasteiger partial charge is 0.407 e. The number of rotatable bonds is 7. The molecule has 0 unspecified atom stereocenters. The summed E-state index contributed by atoms with van der Waals surface area (Å²) in [5, 5.41) is 15.1. The number of sulfonamides is 1. The van der Waals surface area contributed by atoms with Gasteiger partial charge in [-0.05, 0) is 55.6 Å².